The summed E-state index contributed by atoms with van der Waals surface area (Å²) >= 11 is 3.48. The van der Waals surface area contributed by atoms with E-state index in [2.05, 4.69) is 53.6 Å². The van der Waals surface area contributed by atoms with Crippen LogP contribution in [0.4, 0.5) is 0 Å². The predicted octanol–water partition coefficient (Wildman–Crippen LogP) is 2.34. The highest BCUT2D eigenvalue weighted by atomic mass is 79.9. The lowest BCUT2D eigenvalue weighted by molar-refractivity contribution is -0.942. The number of aromatic nitrogens is 3. The van der Waals surface area contributed by atoms with Crippen molar-refractivity contribution in [2.75, 3.05) is 6.54 Å². The fourth-order valence-corrected chi connectivity index (χ4v) is 3.78. The normalized spacial score (nSPS) is 12.3. The van der Waals surface area contributed by atoms with Crippen LogP contribution in [-0.4, -0.2) is 33.2 Å². The zero-order chi connectivity index (χ0) is 17.4. The fraction of sp³-hybridized carbons (Fsp3) is 0.444. The molecule has 3 rings (SSSR count). The molecule has 0 aliphatic rings. The Bertz CT molecular complexity index is 918. The van der Waals surface area contributed by atoms with E-state index in [0.29, 0.717) is 24.1 Å². The fourth-order valence-electron chi connectivity index (χ4n) is 3.42. The second kappa shape index (κ2) is 6.69. The molecule has 24 heavy (non-hydrogen) atoms. The van der Waals surface area contributed by atoms with Crippen molar-refractivity contribution in [1.29, 1.82) is 0 Å². The molecule has 2 N–H and O–H groups in total. The molecule has 0 amide bonds. The molecular formula is C18H24BrN4O+. The van der Waals surface area contributed by atoms with Crippen LogP contribution >= 0.6 is 15.9 Å². The predicted molar refractivity (Wildman–Crippen MR) is 102 cm³/mol. The zero-order valence-electron chi connectivity index (χ0n) is 14.6. The van der Waals surface area contributed by atoms with E-state index >= 15 is 0 Å². The average Bonchev–Trinajstić information content (AvgIpc) is 2.87. The number of H-pyrrole nitrogens is 1. The van der Waals surface area contributed by atoms with Gasteiger partial charge in [-0.2, -0.15) is 0 Å². The van der Waals surface area contributed by atoms with Crippen LogP contribution in [0.3, 0.4) is 0 Å². The maximum absolute atomic E-state index is 12.8. The van der Waals surface area contributed by atoms with Crippen LogP contribution in [0.1, 0.15) is 27.7 Å². The third-order valence-corrected chi connectivity index (χ3v) is 5.15. The molecule has 1 aromatic carbocycles. The minimum atomic E-state index is -0.000755. The number of nitrogens with zero attached hydrogens (tertiary/aromatic N) is 2. The van der Waals surface area contributed by atoms with Crippen molar-refractivity contribution in [2.45, 2.75) is 46.3 Å². The second-order valence-corrected chi connectivity index (χ2v) is 7.83. The third kappa shape index (κ3) is 3.13. The van der Waals surface area contributed by atoms with Crippen molar-refractivity contribution >= 4 is 37.9 Å². The number of aromatic amines is 1. The molecule has 0 aliphatic carbocycles. The Morgan fingerprint density at radius 2 is 1.96 bits per heavy atom. The third-order valence-electron chi connectivity index (χ3n) is 4.66. The molecule has 5 nitrogen and oxygen atoms in total. The van der Waals surface area contributed by atoms with E-state index in [1.165, 1.54) is 4.90 Å². The minimum absolute atomic E-state index is 0.000755. The summed E-state index contributed by atoms with van der Waals surface area (Å²) in [5.41, 5.74) is 2.26. The summed E-state index contributed by atoms with van der Waals surface area (Å²) in [5.74, 6) is 0. The highest BCUT2D eigenvalue weighted by molar-refractivity contribution is 9.10. The van der Waals surface area contributed by atoms with E-state index in [4.69, 9.17) is 0 Å². The molecular weight excluding hydrogens is 368 g/mol. The van der Waals surface area contributed by atoms with Gasteiger partial charge in [0.1, 0.15) is 11.0 Å². The average molecular weight is 392 g/mol. The van der Waals surface area contributed by atoms with Gasteiger partial charge in [0, 0.05) is 15.4 Å². The number of quaternary nitrogens is 1. The molecule has 0 spiro atoms. The van der Waals surface area contributed by atoms with Gasteiger partial charge in [-0.15, -0.1) is 0 Å². The summed E-state index contributed by atoms with van der Waals surface area (Å²) in [5, 5.41) is 0.972. The Kier molecular flexibility index (Phi) is 4.78. The SMILES string of the molecule is CC(C)[NH+](CCn1cnc2c([nH]c3ccc(Br)cc32)c1=O)C(C)C. The zero-order valence-corrected chi connectivity index (χ0v) is 16.1. The van der Waals surface area contributed by atoms with E-state index < -0.39 is 0 Å². The Morgan fingerprint density at radius 3 is 2.62 bits per heavy atom. The van der Waals surface area contributed by atoms with Crippen LogP contribution in [0, 0.1) is 0 Å². The molecule has 0 aliphatic heterocycles. The molecule has 0 unspecified atom stereocenters. The summed E-state index contributed by atoms with van der Waals surface area (Å²) < 4.78 is 2.70. The molecule has 0 atom stereocenters. The summed E-state index contributed by atoms with van der Waals surface area (Å²) in [6, 6.07) is 6.98. The van der Waals surface area contributed by atoms with E-state index in [1.807, 2.05) is 18.2 Å². The number of hydrogen-bond acceptors (Lipinski definition) is 2. The van der Waals surface area contributed by atoms with Gasteiger partial charge in [0.05, 0.1) is 31.5 Å². The summed E-state index contributed by atoms with van der Waals surface area (Å²) in [7, 11) is 0. The van der Waals surface area contributed by atoms with Gasteiger partial charge in [-0.25, -0.2) is 4.98 Å². The van der Waals surface area contributed by atoms with Crippen LogP contribution in [0.2, 0.25) is 0 Å². The molecule has 2 aromatic heterocycles. The lowest BCUT2D eigenvalue weighted by atomic mass is 10.2. The maximum Gasteiger partial charge on any atom is 0.277 e. The van der Waals surface area contributed by atoms with Crippen molar-refractivity contribution < 1.29 is 4.90 Å². The molecule has 0 saturated carbocycles. The summed E-state index contributed by atoms with van der Waals surface area (Å²) in [6.45, 7) is 10.5. The summed E-state index contributed by atoms with van der Waals surface area (Å²) in [6.07, 6.45) is 1.68. The van der Waals surface area contributed by atoms with Crippen molar-refractivity contribution in [2.24, 2.45) is 0 Å². The molecule has 2 heterocycles. The van der Waals surface area contributed by atoms with Crippen LogP contribution in [0.25, 0.3) is 21.9 Å². The Morgan fingerprint density at radius 1 is 1.25 bits per heavy atom. The van der Waals surface area contributed by atoms with E-state index in [0.717, 1.165) is 27.4 Å². The lowest BCUT2D eigenvalue weighted by Gasteiger charge is -2.27. The Balaban J connectivity index is 1.97. The molecule has 0 saturated heterocycles. The van der Waals surface area contributed by atoms with Gasteiger partial charge in [0.25, 0.3) is 5.56 Å². The van der Waals surface area contributed by atoms with Gasteiger partial charge in [0.15, 0.2) is 0 Å². The van der Waals surface area contributed by atoms with Gasteiger partial charge < -0.3 is 9.88 Å². The highest BCUT2D eigenvalue weighted by Crippen LogP contribution is 2.24. The number of hydrogen-bond donors (Lipinski definition) is 2. The van der Waals surface area contributed by atoms with Crippen LogP contribution in [-0.2, 0) is 6.54 Å². The number of halogens is 1. The number of nitrogens with one attached hydrogen (secondary N) is 2. The van der Waals surface area contributed by atoms with Crippen molar-refractivity contribution in [1.82, 2.24) is 14.5 Å². The number of benzene rings is 1. The Labute approximate surface area is 149 Å². The standard InChI is InChI=1S/C18H23BrN4O/c1-11(2)23(12(3)4)8-7-22-10-20-16-14-9-13(19)5-6-15(14)21-17(16)18(22)24/h5-6,9-12,21H,7-8H2,1-4H3/p+1. The lowest BCUT2D eigenvalue weighted by Crippen LogP contribution is -3.18. The van der Waals surface area contributed by atoms with Gasteiger partial charge in [-0.3, -0.25) is 9.36 Å². The highest BCUT2D eigenvalue weighted by Gasteiger charge is 2.18. The first-order valence-corrected chi connectivity index (χ1v) is 9.19. The monoisotopic (exact) mass is 391 g/mol. The van der Waals surface area contributed by atoms with Crippen LogP contribution in [0.15, 0.2) is 33.8 Å². The van der Waals surface area contributed by atoms with Gasteiger partial charge in [-0.1, -0.05) is 15.9 Å². The second-order valence-electron chi connectivity index (χ2n) is 6.92. The number of fused-ring (bicyclic) bond motifs is 3. The van der Waals surface area contributed by atoms with Crippen molar-refractivity contribution in [3.05, 3.63) is 39.4 Å². The smallest absolute Gasteiger partial charge is 0.277 e. The maximum atomic E-state index is 12.8. The van der Waals surface area contributed by atoms with E-state index in [1.54, 1.807) is 10.9 Å². The molecule has 0 radical (unpaired) electrons. The molecule has 128 valence electrons. The van der Waals surface area contributed by atoms with Gasteiger partial charge >= 0.3 is 0 Å². The minimum Gasteiger partial charge on any atom is -0.349 e. The topological polar surface area (TPSA) is 55.1 Å². The molecule has 0 bridgehead atoms. The Hall–Kier alpha value is -1.66. The van der Waals surface area contributed by atoms with Gasteiger partial charge in [-0.05, 0) is 45.9 Å². The number of rotatable bonds is 5. The first kappa shape index (κ1) is 17.2. The first-order chi connectivity index (χ1) is 11.4. The molecule has 6 heteroatoms. The van der Waals surface area contributed by atoms with E-state index in [9.17, 15) is 4.79 Å². The molecule has 0 fully saturated rings. The quantitative estimate of drug-likeness (QED) is 0.701. The first-order valence-electron chi connectivity index (χ1n) is 8.40. The molecule has 3 aromatic rings. The van der Waals surface area contributed by atoms with Crippen LogP contribution < -0.4 is 10.5 Å². The van der Waals surface area contributed by atoms with E-state index in [-0.39, 0.29) is 5.56 Å². The van der Waals surface area contributed by atoms with Crippen molar-refractivity contribution in [3.63, 3.8) is 0 Å². The van der Waals surface area contributed by atoms with Crippen molar-refractivity contribution in [3.8, 4) is 0 Å². The van der Waals surface area contributed by atoms with Gasteiger partial charge in [0.2, 0.25) is 0 Å². The largest absolute Gasteiger partial charge is 0.349 e. The van der Waals surface area contributed by atoms with Crippen LogP contribution in [0.5, 0.6) is 0 Å². The summed E-state index contributed by atoms with van der Waals surface area (Å²) in [4.78, 5) is 22.1.